The molecule has 6 nitrogen and oxygen atoms in total. The highest BCUT2D eigenvalue weighted by atomic mass is 35.5. The number of likely N-dealkylation sites (tertiary alicyclic amines) is 1. The molecule has 1 saturated heterocycles. The zero-order valence-electron chi connectivity index (χ0n) is 22.4. The Hall–Kier alpha value is -2.54. The monoisotopic (exact) mass is 559 g/mol. The summed E-state index contributed by atoms with van der Waals surface area (Å²) in [6.07, 6.45) is 4.97. The number of likely N-dealkylation sites (N-methyl/N-ethyl adjacent to an activating group) is 1. The van der Waals surface area contributed by atoms with Crippen LogP contribution in [-0.4, -0.2) is 61.8 Å². The molecule has 1 saturated carbocycles. The van der Waals surface area contributed by atoms with Gasteiger partial charge in [0.25, 0.3) is 0 Å². The Labute approximate surface area is 235 Å². The summed E-state index contributed by atoms with van der Waals surface area (Å²) >= 11 is 12.2. The summed E-state index contributed by atoms with van der Waals surface area (Å²) in [5.74, 6) is 0.400. The van der Waals surface area contributed by atoms with E-state index in [0.29, 0.717) is 35.9 Å². The van der Waals surface area contributed by atoms with Crippen molar-refractivity contribution < 1.29 is 23.5 Å². The average Bonchev–Trinajstić information content (AvgIpc) is 2.86. The Morgan fingerprint density at radius 1 is 1.18 bits per heavy atom. The molecule has 0 spiro atoms. The summed E-state index contributed by atoms with van der Waals surface area (Å²) in [5.41, 5.74) is 0.684. The van der Waals surface area contributed by atoms with Crippen molar-refractivity contribution in [2.24, 2.45) is 0 Å². The van der Waals surface area contributed by atoms with E-state index in [4.69, 9.17) is 32.7 Å². The van der Waals surface area contributed by atoms with E-state index in [2.05, 4.69) is 31.1 Å². The third kappa shape index (κ3) is 5.73. The number of halogens is 2. The predicted octanol–water partition coefficient (Wildman–Crippen LogP) is 5.49. The number of rotatable bonds is 8. The Balaban J connectivity index is 1.68. The van der Waals surface area contributed by atoms with Gasteiger partial charge in [-0.1, -0.05) is 48.0 Å². The van der Waals surface area contributed by atoms with Crippen molar-refractivity contribution in [1.82, 2.24) is 5.32 Å². The Bertz CT molecular complexity index is 1220. The van der Waals surface area contributed by atoms with Crippen LogP contribution >= 0.6 is 23.2 Å². The summed E-state index contributed by atoms with van der Waals surface area (Å²) in [7, 11) is 3.86. The van der Waals surface area contributed by atoms with Gasteiger partial charge in [0.2, 0.25) is 5.91 Å². The quantitative estimate of drug-likeness (QED) is 0.264. The maximum Gasteiger partial charge on any atom is 0.303 e. The number of amides is 1. The largest absolute Gasteiger partial charge is 0.497 e. The van der Waals surface area contributed by atoms with Crippen molar-refractivity contribution in [3.63, 3.8) is 0 Å². The highest BCUT2D eigenvalue weighted by Crippen LogP contribution is 2.55. The zero-order chi connectivity index (χ0) is 27.6. The van der Waals surface area contributed by atoms with Crippen LogP contribution in [0.3, 0.4) is 0 Å². The molecule has 2 aromatic carbocycles. The number of esters is 1. The zero-order valence-corrected chi connectivity index (χ0v) is 23.9. The molecule has 4 atom stereocenters. The lowest BCUT2D eigenvalue weighted by atomic mass is 9.54. The molecule has 1 amide bonds. The summed E-state index contributed by atoms with van der Waals surface area (Å²) in [6, 6.07) is 13.2. The van der Waals surface area contributed by atoms with E-state index in [1.807, 2.05) is 24.3 Å². The Morgan fingerprint density at radius 3 is 2.66 bits per heavy atom. The van der Waals surface area contributed by atoms with E-state index in [1.165, 1.54) is 6.92 Å². The molecule has 1 unspecified atom stereocenters. The van der Waals surface area contributed by atoms with Crippen molar-refractivity contribution in [2.75, 3.05) is 33.8 Å². The molecule has 4 rings (SSSR count). The van der Waals surface area contributed by atoms with Gasteiger partial charge in [0.15, 0.2) is 5.60 Å². The van der Waals surface area contributed by atoms with E-state index < -0.39 is 11.0 Å². The van der Waals surface area contributed by atoms with Crippen LogP contribution in [0.25, 0.3) is 0 Å². The Kier molecular flexibility index (Phi) is 8.46. The van der Waals surface area contributed by atoms with Crippen LogP contribution in [-0.2, 0) is 26.2 Å². The highest BCUT2D eigenvalue weighted by Gasteiger charge is 2.64. The standard InChI is InChI=1S/C30H36Cl2N2O4/c1-5-14-34(3)15-13-29(23-7-6-8-25(18-23)37-4)19-24(11-12-30(29,20-34)38-21(2)35)33-28(36)17-22-9-10-26(31)27(32)16-22/h5-10,16,18,24H,1,11-15,17,19-20H2,2-4H3/p+1/t24-,29-,30?,34-/m0/s1. The van der Waals surface area contributed by atoms with Gasteiger partial charge >= 0.3 is 5.97 Å². The van der Waals surface area contributed by atoms with Crippen LogP contribution in [0.1, 0.15) is 43.7 Å². The van der Waals surface area contributed by atoms with Crippen molar-refractivity contribution in [1.29, 1.82) is 0 Å². The number of nitrogens with one attached hydrogen (secondary N) is 1. The number of carbonyl (C=O) groups is 2. The molecule has 1 aliphatic heterocycles. The van der Waals surface area contributed by atoms with Gasteiger partial charge in [-0.2, -0.15) is 0 Å². The first-order valence-corrected chi connectivity index (χ1v) is 13.8. The van der Waals surface area contributed by atoms with Crippen molar-refractivity contribution in [3.8, 4) is 5.75 Å². The number of ether oxygens (including phenoxy) is 2. The van der Waals surface area contributed by atoms with Crippen molar-refractivity contribution in [3.05, 3.63) is 76.3 Å². The van der Waals surface area contributed by atoms with Crippen molar-refractivity contribution in [2.45, 2.75) is 56.1 Å². The fourth-order valence-electron chi connectivity index (χ4n) is 6.68. The molecule has 2 fully saturated rings. The minimum Gasteiger partial charge on any atom is -0.497 e. The number of nitrogens with zero attached hydrogens (tertiary/aromatic N) is 1. The highest BCUT2D eigenvalue weighted by molar-refractivity contribution is 6.42. The van der Waals surface area contributed by atoms with E-state index in [9.17, 15) is 9.59 Å². The van der Waals surface area contributed by atoms with Crippen LogP contribution in [0, 0.1) is 0 Å². The molecule has 1 N–H and O–H groups in total. The minimum absolute atomic E-state index is 0.0720. The third-order valence-corrected chi connectivity index (χ3v) is 9.06. The molecule has 1 heterocycles. The van der Waals surface area contributed by atoms with Gasteiger partial charge in [-0.25, -0.2) is 0 Å². The first-order chi connectivity index (χ1) is 18.0. The summed E-state index contributed by atoms with van der Waals surface area (Å²) in [4.78, 5) is 25.7. The van der Waals surface area contributed by atoms with Gasteiger partial charge in [-0.15, -0.1) is 0 Å². The van der Waals surface area contributed by atoms with Gasteiger partial charge in [0.1, 0.15) is 12.3 Å². The van der Waals surface area contributed by atoms with Crippen LogP contribution in [0.4, 0.5) is 0 Å². The van der Waals surface area contributed by atoms with E-state index in [-0.39, 0.29) is 24.3 Å². The van der Waals surface area contributed by atoms with Gasteiger partial charge in [0.05, 0.1) is 43.7 Å². The van der Waals surface area contributed by atoms with Gasteiger partial charge in [-0.3, -0.25) is 9.59 Å². The molecular formula is C30H37Cl2N2O4+. The topological polar surface area (TPSA) is 64.6 Å². The summed E-state index contributed by atoms with van der Waals surface area (Å²) in [6.45, 7) is 7.83. The van der Waals surface area contributed by atoms with Crippen LogP contribution < -0.4 is 10.1 Å². The number of carbonyl (C=O) groups excluding carboxylic acids is 2. The van der Waals surface area contributed by atoms with Gasteiger partial charge < -0.3 is 19.3 Å². The number of quaternary nitrogens is 1. The summed E-state index contributed by atoms with van der Waals surface area (Å²) < 4.78 is 12.7. The number of hydrogen-bond donors (Lipinski definition) is 1. The molecular weight excluding hydrogens is 523 g/mol. The fourth-order valence-corrected chi connectivity index (χ4v) is 7.00. The molecule has 2 aromatic rings. The van der Waals surface area contributed by atoms with Crippen LogP contribution in [0.2, 0.25) is 10.0 Å². The molecule has 38 heavy (non-hydrogen) atoms. The predicted molar refractivity (Wildman–Crippen MR) is 151 cm³/mol. The lowest BCUT2D eigenvalue weighted by Gasteiger charge is -2.60. The van der Waals surface area contributed by atoms with Gasteiger partial charge in [-0.05, 0) is 60.7 Å². The third-order valence-electron chi connectivity index (χ3n) is 8.32. The van der Waals surface area contributed by atoms with Crippen molar-refractivity contribution >= 4 is 35.1 Å². The van der Waals surface area contributed by atoms with Crippen LogP contribution in [0.15, 0.2) is 55.1 Å². The second kappa shape index (κ2) is 11.3. The molecule has 2 aliphatic rings. The lowest BCUT2D eigenvalue weighted by Crippen LogP contribution is -2.72. The SMILES string of the molecule is C=CC[N@@+]1(C)CC[C@@]2(c3cccc(OC)c3)C[C@@H](NC(=O)Cc3ccc(Cl)c(Cl)c3)CCC2(OC(C)=O)C1. The number of methoxy groups -OCH3 is 1. The van der Waals surface area contributed by atoms with Gasteiger partial charge in [0, 0.05) is 24.8 Å². The maximum atomic E-state index is 13.1. The molecule has 0 aromatic heterocycles. The fraction of sp³-hybridized carbons (Fsp3) is 0.467. The number of benzene rings is 2. The first kappa shape index (κ1) is 28.5. The minimum atomic E-state index is -0.716. The first-order valence-electron chi connectivity index (χ1n) is 13.1. The second-order valence-corrected chi connectivity index (χ2v) is 11.9. The normalized spacial score (nSPS) is 28.6. The second-order valence-electron chi connectivity index (χ2n) is 11.1. The summed E-state index contributed by atoms with van der Waals surface area (Å²) in [5, 5.41) is 4.16. The molecule has 0 radical (unpaired) electrons. The molecule has 1 aliphatic carbocycles. The number of fused-ring (bicyclic) bond motifs is 1. The maximum absolute atomic E-state index is 13.1. The van der Waals surface area contributed by atoms with E-state index in [0.717, 1.165) is 40.9 Å². The number of piperidine rings is 1. The molecule has 204 valence electrons. The number of hydrogen-bond acceptors (Lipinski definition) is 4. The smallest absolute Gasteiger partial charge is 0.303 e. The molecule has 8 heteroatoms. The van der Waals surface area contributed by atoms with E-state index in [1.54, 1.807) is 19.2 Å². The Morgan fingerprint density at radius 2 is 1.97 bits per heavy atom. The average molecular weight is 561 g/mol. The van der Waals surface area contributed by atoms with Crippen LogP contribution in [0.5, 0.6) is 5.75 Å². The molecule has 0 bridgehead atoms. The van der Waals surface area contributed by atoms with E-state index >= 15 is 0 Å². The lowest BCUT2D eigenvalue weighted by molar-refractivity contribution is -0.917.